The van der Waals surface area contributed by atoms with E-state index in [1.54, 1.807) is 18.3 Å². The summed E-state index contributed by atoms with van der Waals surface area (Å²) in [6.45, 7) is 1.96. The lowest BCUT2D eigenvalue weighted by atomic mass is 10.2. The zero-order valence-electron chi connectivity index (χ0n) is 10.5. The smallest absolute Gasteiger partial charge is 0.247 e. The molecule has 1 aromatic heterocycles. The summed E-state index contributed by atoms with van der Waals surface area (Å²) in [5.74, 6) is 0.454. The number of anilines is 1. The zero-order chi connectivity index (χ0) is 13.7. The van der Waals surface area contributed by atoms with Gasteiger partial charge in [0.2, 0.25) is 0 Å². The van der Waals surface area contributed by atoms with Crippen LogP contribution >= 0.6 is 11.6 Å². The average molecular weight is 274 g/mol. The van der Waals surface area contributed by atoms with Crippen LogP contribution in [-0.4, -0.2) is 5.91 Å². The number of hydrogen-bond acceptors (Lipinski definition) is 1. The highest BCUT2D eigenvalue weighted by Crippen LogP contribution is 2.16. The Labute approximate surface area is 116 Å². The predicted molar refractivity (Wildman–Crippen MR) is 76.9 cm³/mol. The Bertz CT molecular complexity index is 623. The average Bonchev–Trinajstić information content (AvgIpc) is 2.38. The molecule has 0 radical (unpaired) electrons. The molecule has 1 amide bonds. The van der Waals surface area contributed by atoms with Crippen LogP contribution in [0.5, 0.6) is 0 Å². The molecule has 19 heavy (non-hydrogen) atoms. The van der Waals surface area contributed by atoms with E-state index in [1.165, 1.54) is 6.08 Å². The van der Waals surface area contributed by atoms with Gasteiger partial charge in [0, 0.05) is 17.2 Å². The van der Waals surface area contributed by atoms with Crippen LogP contribution in [0.3, 0.4) is 0 Å². The molecule has 96 valence electrons. The monoisotopic (exact) mass is 273 g/mol. The third kappa shape index (κ3) is 3.93. The Hall–Kier alpha value is -2.13. The van der Waals surface area contributed by atoms with Crippen molar-refractivity contribution in [1.82, 2.24) is 0 Å². The maximum absolute atomic E-state index is 11.7. The molecule has 0 bridgehead atoms. The maximum Gasteiger partial charge on any atom is 0.331 e. The second kappa shape index (κ2) is 6.16. The van der Waals surface area contributed by atoms with Crippen LogP contribution in [0.25, 0.3) is 6.08 Å². The van der Waals surface area contributed by atoms with Crippen LogP contribution in [0.2, 0.25) is 5.02 Å². The van der Waals surface area contributed by atoms with Crippen LogP contribution in [0, 0.1) is 6.92 Å². The minimum atomic E-state index is -0.207. The van der Waals surface area contributed by atoms with E-state index in [9.17, 15) is 4.79 Å². The first kappa shape index (κ1) is 13.3. The molecule has 1 heterocycles. The SMILES string of the molecule is Cc1cc[nH+]c(NC(=O)C=Cc2ccccc2Cl)c1. The standard InChI is InChI=1S/C15H13ClN2O/c1-11-8-9-17-14(10-11)18-15(19)7-6-12-4-2-3-5-13(12)16/h2-10H,1H3,(H,17,18,19)/p+1. The number of carbonyl (C=O) groups excluding carboxylic acids is 1. The van der Waals surface area contributed by atoms with Gasteiger partial charge < -0.3 is 0 Å². The van der Waals surface area contributed by atoms with E-state index in [-0.39, 0.29) is 5.91 Å². The number of hydrogen-bond donors (Lipinski definition) is 1. The molecule has 0 fully saturated rings. The molecule has 2 N–H and O–H groups in total. The van der Waals surface area contributed by atoms with Crippen molar-refractivity contribution < 1.29 is 9.78 Å². The summed E-state index contributed by atoms with van der Waals surface area (Å²) in [6.07, 6.45) is 4.92. The largest absolute Gasteiger partial charge is 0.331 e. The highest BCUT2D eigenvalue weighted by molar-refractivity contribution is 6.32. The number of carbonyl (C=O) groups is 1. The van der Waals surface area contributed by atoms with Gasteiger partial charge in [-0.25, -0.2) is 15.1 Å². The molecule has 2 rings (SSSR count). The van der Waals surface area contributed by atoms with Gasteiger partial charge in [0.15, 0.2) is 0 Å². The molecule has 4 heteroatoms. The molecule has 0 saturated carbocycles. The minimum Gasteiger partial charge on any atom is -0.247 e. The van der Waals surface area contributed by atoms with Crippen LogP contribution in [0.4, 0.5) is 5.82 Å². The fourth-order valence-corrected chi connectivity index (χ4v) is 1.80. The predicted octanol–water partition coefficient (Wildman–Crippen LogP) is 3.11. The highest BCUT2D eigenvalue weighted by atomic mass is 35.5. The molecule has 0 spiro atoms. The summed E-state index contributed by atoms with van der Waals surface area (Å²) in [5.41, 5.74) is 1.89. The number of aromatic amines is 1. The quantitative estimate of drug-likeness (QED) is 0.858. The number of nitrogens with one attached hydrogen (secondary N) is 2. The fraction of sp³-hybridized carbons (Fsp3) is 0.0667. The van der Waals surface area contributed by atoms with E-state index >= 15 is 0 Å². The molecule has 2 aromatic rings. The van der Waals surface area contributed by atoms with Gasteiger partial charge >= 0.3 is 5.91 Å². The van der Waals surface area contributed by atoms with Crippen LogP contribution in [0.1, 0.15) is 11.1 Å². The molecule has 0 unspecified atom stereocenters. The molecular weight excluding hydrogens is 260 g/mol. The van der Waals surface area contributed by atoms with Crippen LogP contribution in [-0.2, 0) is 4.79 Å². The first-order valence-electron chi connectivity index (χ1n) is 5.87. The Kier molecular flexibility index (Phi) is 4.31. The van der Waals surface area contributed by atoms with Crippen molar-refractivity contribution in [2.75, 3.05) is 5.32 Å². The number of pyridine rings is 1. The Balaban J connectivity index is 2.04. The second-order valence-electron chi connectivity index (χ2n) is 4.12. The minimum absolute atomic E-state index is 0.207. The van der Waals surface area contributed by atoms with Gasteiger partial charge in [0.25, 0.3) is 5.82 Å². The lowest BCUT2D eigenvalue weighted by Crippen LogP contribution is -2.17. The third-order valence-electron chi connectivity index (χ3n) is 2.53. The number of halogens is 1. The van der Waals surface area contributed by atoms with E-state index in [4.69, 9.17) is 11.6 Å². The molecule has 1 aromatic carbocycles. The van der Waals surface area contributed by atoms with Crippen LogP contribution < -0.4 is 10.3 Å². The molecule has 0 aliphatic heterocycles. The lowest BCUT2D eigenvalue weighted by Gasteiger charge is -1.96. The summed E-state index contributed by atoms with van der Waals surface area (Å²) in [4.78, 5) is 14.7. The number of aryl methyl sites for hydroxylation is 1. The van der Waals surface area contributed by atoms with Gasteiger partial charge in [-0.15, -0.1) is 0 Å². The number of benzene rings is 1. The summed E-state index contributed by atoms with van der Waals surface area (Å²) in [5, 5.41) is 3.37. The topological polar surface area (TPSA) is 43.2 Å². The first-order chi connectivity index (χ1) is 9.15. The van der Waals surface area contributed by atoms with Crippen molar-refractivity contribution in [2.45, 2.75) is 6.92 Å². The van der Waals surface area contributed by atoms with Crippen molar-refractivity contribution in [3.63, 3.8) is 0 Å². The second-order valence-corrected chi connectivity index (χ2v) is 4.53. The van der Waals surface area contributed by atoms with E-state index in [1.807, 2.05) is 37.3 Å². The molecule has 3 nitrogen and oxygen atoms in total. The van der Waals surface area contributed by atoms with Crippen molar-refractivity contribution in [3.8, 4) is 0 Å². The number of amides is 1. The van der Waals surface area contributed by atoms with E-state index in [0.717, 1.165) is 11.1 Å². The van der Waals surface area contributed by atoms with E-state index < -0.39 is 0 Å². The lowest BCUT2D eigenvalue weighted by molar-refractivity contribution is -0.360. The van der Waals surface area contributed by atoms with E-state index in [0.29, 0.717) is 10.8 Å². The summed E-state index contributed by atoms with van der Waals surface area (Å²) < 4.78 is 0. The van der Waals surface area contributed by atoms with Crippen LogP contribution in [0.15, 0.2) is 48.7 Å². The number of H-pyrrole nitrogens is 1. The number of aromatic nitrogens is 1. The first-order valence-corrected chi connectivity index (χ1v) is 6.25. The Morgan fingerprint density at radius 1 is 1.32 bits per heavy atom. The molecule has 0 saturated heterocycles. The van der Waals surface area contributed by atoms with Gasteiger partial charge in [-0.2, -0.15) is 0 Å². The van der Waals surface area contributed by atoms with Gasteiger partial charge in [-0.1, -0.05) is 29.8 Å². The van der Waals surface area contributed by atoms with E-state index in [2.05, 4.69) is 10.3 Å². The zero-order valence-corrected chi connectivity index (χ0v) is 11.2. The molecular formula is C15H14ClN2O+. The Morgan fingerprint density at radius 2 is 2.11 bits per heavy atom. The van der Waals surface area contributed by atoms with Crippen molar-refractivity contribution in [1.29, 1.82) is 0 Å². The molecule has 0 aliphatic carbocycles. The summed E-state index contributed by atoms with van der Waals surface area (Å²) in [6, 6.07) is 11.1. The summed E-state index contributed by atoms with van der Waals surface area (Å²) in [7, 11) is 0. The van der Waals surface area contributed by atoms with Gasteiger partial charge in [0.1, 0.15) is 0 Å². The maximum atomic E-state index is 11.7. The normalized spacial score (nSPS) is 10.6. The highest BCUT2D eigenvalue weighted by Gasteiger charge is 2.06. The molecule has 0 aliphatic rings. The van der Waals surface area contributed by atoms with Crippen molar-refractivity contribution in [2.24, 2.45) is 0 Å². The summed E-state index contributed by atoms with van der Waals surface area (Å²) >= 11 is 6.00. The third-order valence-corrected chi connectivity index (χ3v) is 2.88. The molecule has 0 atom stereocenters. The number of rotatable bonds is 3. The van der Waals surface area contributed by atoms with Gasteiger partial charge in [-0.3, -0.25) is 0 Å². The van der Waals surface area contributed by atoms with Gasteiger partial charge in [-0.05, 0) is 36.3 Å². The van der Waals surface area contributed by atoms with Crippen molar-refractivity contribution in [3.05, 3.63) is 64.8 Å². The Morgan fingerprint density at radius 3 is 2.84 bits per heavy atom. The fourth-order valence-electron chi connectivity index (χ4n) is 1.60. The van der Waals surface area contributed by atoms with Gasteiger partial charge in [0.05, 0.1) is 6.20 Å². The van der Waals surface area contributed by atoms with Crippen molar-refractivity contribution >= 4 is 29.4 Å².